The fourth-order valence-corrected chi connectivity index (χ4v) is 1.92. The lowest BCUT2D eigenvalue weighted by Gasteiger charge is -2.10. The fourth-order valence-electron chi connectivity index (χ4n) is 1.92. The van der Waals surface area contributed by atoms with Gasteiger partial charge in [-0.1, -0.05) is 5.92 Å². The van der Waals surface area contributed by atoms with E-state index in [1.807, 2.05) is 24.3 Å². The molecule has 1 aliphatic heterocycles. The third-order valence-corrected chi connectivity index (χ3v) is 2.80. The van der Waals surface area contributed by atoms with Crippen molar-refractivity contribution in [3.05, 3.63) is 29.8 Å². The van der Waals surface area contributed by atoms with Gasteiger partial charge in [0.15, 0.2) is 0 Å². The van der Waals surface area contributed by atoms with Crippen molar-refractivity contribution >= 4 is 11.6 Å². The Morgan fingerprint density at radius 3 is 2.76 bits per heavy atom. The summed E-state index contributed by atoms with van der Waals surface area (Å²) in [5.74, 6) is 5.86. The smallest absolute Gasteiger partial charge is 0.241 e. The van der Waals surface area contributed by atoms with Gasteiger partial charge in [0.2, 0.25) is 5.91 Å². The minimum Gasteiger partial charge on any atom is -0.325 e. The summed E-state index contributed by atoms with van der Waals surface area (Å²) in [4.78, 5) is 11.8. The predicted octanol–water partition coefficient (Wildman–Crippen LogP) is 1.75. The summed E-state index contributed by atoms with van der Waals surface area (Å²) >= 11 is 0. The summed E-state index contributed by atoms with van der Waals surface area (Å²) in [7, 11) is 0. The molecule has 0 radical (unpaired) electrons. The van der Waals surface area contributed by atoms with E-state index in [1.54, 1.807) is 6.92 Å². The van der Waals surface area contributed by atoms with Crippen LogP contribution in [0, 0.1) is 11.8 Å². The Bertz CT molecular complexity index is 447. The van der Waals surface area contributed by atoms with Crippen molar-refractivity contribution in [2.75, 3.05) is 11.9 Å². The van der Waals surface area contributed by atoms with Crippen LogP contribution in [0.15, 0.2) is 24.3 Å². The van der Waals surface area contributed by atoms with Crippen molar-refractivity contribution in [2.45, 2.75) is 25.8 Å². The normalized spacial score (nSPS) is 18.3. The van der Waals surface area contributed by atoms with Crippen molar-refractivity contribution in [3.63, 3.8) is 0 Å². The van der Waals surface area contributed by atoms with E-state index in [0.717, 1.165) is 30.6 Å². The molecule has 2 N–H and O–H groups in total. The van der Waals surface area contributed by atoms with Crippen LogP contribution in [0.25, 0.3) is 0 Å². The Morgan fingerprint density at radius 2 is 2.18 bits per heavy atom. The first-order valence-corrected chi connectivity index (χ1v) is 5.86. The number of rotatable bonds is 2. The van der Waals surface area contributed by atoms with E-state index in [1.165, 1.54) is 0 Å². The first-order valence-electron chi connectivity index (χ1n) is 5.86. The molecule has 3 nitrogen and oxygen atoms in total. The molecule has 17 heavy (non-hydrogen) atoms. The summed E-state index contributed by atoms with van der Waals surface area (Å²) < 4.78 is 0. The van der Waals surface area contributed by atoms with Crippen LogP contribution in [0.2, 0.25) is 0 Å². The molecule has 88 valence electrons. The minimum atomic E-state index is -0.0369. The van der Waals surface area contributed by atoms with Gasteiger partial charge in [-0.25, -0.2) is 0 Å². The summed E-state index contributed by atoms with van der Waals surface area (Å²) in [6.45, 7) is 2.74. The Hall–Kier alpha value is -1.79. The van der Waals surface area contributed by atoms with E-state index in [-0.39, 0.29) is 11.9 Å². The van der Waals surface area contributed by atoms with Crippen molar-refractivity contribution in [1.82, 2.24) is 5.32 Å². The van der Waals surface area contributed by atoms with Gasteiger partial charge in [0.05, 0.1) is 6.04 Å². The number of carbonyl (C=O) groups is 1. The van der Waals surface area contributed by atoms with Gasteiger partial charge in [0, 0.05) is 11.3 Å². The molecule has 1 amide bonds. The minimum absolute atomic E-state index is 0.0369. The SMILES string of the molecule is CC#Cc1ccc(NC(=O)[C@@H]2CCCN2)cc1. The number of benzene rings is 1. The molecule has 0 unspecified atom stereocenters. The Kier molecular flexibility index (Phi) is 3.79. The zero-order valence-corrected chi connectivity index (χ0v) is 9.92. The number of carbonyl (C=O) groups excluding carboxylic acids is 1. The molecule has 0 aliphatic carbocycles. The van der Waals surface area contributed by atoms with Crippen LogP contribution in [0.4, 0.5) is 5.69 Å². The maximum Gasteiger partial charge on any atom is 0.241 e. The van der Waals surface area contributed by atoms with Crippen molar-refractivity contribution in [2.24, 2.45) is 0 Å². The van der Waals surface area contributed by atoms with Crippen molar-refractivity contribution in [1.29, 1.82) is 0 Å². The summed E-state index contributed by atoms with van der Waals surface area (Å²) in [6, 6.07) is 7.55. The third kappa shape index (κ3) is 3.08. The number of hydrogen-bond donors (Lipinski definition) is 2. The molecule has 1 saturated heterocycles. The van der Waals surface area contributed by atoms with Gasteiger partial charge in [-0.15, -0.1) is 5.92 Å². The molecular weight excluding hydrogens is 212 g/mol. The van der Waals surface area contributed by atoms with Crippen LogP contribution in [0.3, 0.4) is 0 Å². The average molecular weight is 228 g/mol. The molecule has 1 aromatic carbocycles. The molecule has 1 heterocycles. The highest BCUT2D eigenvalue weighted by atomic mass is 16.2. The van der Waals surface area contributed by atoms with E-state index in [2.05, 4.69) is 22.5 Å². The molecule has 0 bridgehead atoms. The number of hydrogen-bond acceptors (Lipinski definition) is 2. The Morgan fingerprint density at radius 1 is 1.41 bits per heavy atom. The molecule has 1 aromatic rings. The molecule has 1 aliphatic rings. The van der Waals surface area contributed by atoms with Crippen LogP contribution >= 0.6 is 0 Å². The molecular formula is C14H16N2O. The monoisotopic (exact) mass is 228 g/mol. The highest BCUT2D eigenvalue weighted by Gasteiger charge is 2.21. The second-order valence-electron chi connectivity index (χ2n) is 4.09. The van der Waals surface area contributed by atoms with Gasteiger partial charge in [0.1, 0.15) is 0 Å². The molecule has 0 spiro atoms. The Labute approximate surface area is 102 Å². The predicted molar refractivity (Wildman–Crippen MR) is 68.6 cm³/mol. The highest BCUT2D eigenvalue weighted by Crippen LogP contribution is 2.12. The van der Waals surface area contributed by atoms with Gasteiger partial charge in [-0.3, -0.25) is 4.79 Å². The van der Waals surface area contributed by atoms with E-state index in [9.17, 15) is 4.79 Å². The zero-order valence-electron chi connectivity index (χ0n) is 9.92. The van der Waals surface area contributed by atoms with Crippen molar-refractivity contribution < 1.29 is 4.79 Å². The van der Waals surface area contributed by atoms with E-state index in [0.29, 0.717) is 0 Å². The lowest BCUT2D eigenvalue weighted by atomic mass is 10.2. The number of amides is 1. The van der Waals surface area contributed by atoms with Gasteiger partial charge in [-0.05, 0) is 50.6 Å². The maximum absolute atomic E-state index is 11.8. The first kappa shape index (κ1) is 11.7. The average Bonchev–Trinajstić information content (AvgIpc) is 2.86. The number of anilines is 1. The molecule has 1 atom stereocenters. The zero-order chi connectivity index (χ0) is 12.1. The summed E-state index contributed by atoms with van der Waals surface area (Å²) in [5, 5.41) is 6.08. The Balaban J connectivity index is 1.97. The molecule has 0 saturated carbocycles. The van der Waals surface area contributed by atoms with Gasteiger partial charge >= 0.3 is 0 Å². The van der Waals surface area contributed by atoms with E-state index < -0.39 is 0 Å². The second kappa shape index (κ2) is 5.51. The molecule has 3 heteroatoms. The third-order valence-electron chi connectivity index (χ3n) is 2.80. The number of nitrogens with one attached hydrogen (secondary N) is 2. The van der Waals surface area contributed by atoms with Gasteiger partial charge < -0.3 is 10.6 Å². The van der Waals surface area contributed by atoms with Crippen LogP contribution in [-0.4, -0.2) is 18.5 Å². The first-order chi connectivity index (χ1) is 8.29. The quantitative estimate of drug-likeness (QED) is 0.757. The molecule has 0 aromatic heterocycles. The lowest BCUT2D eigenvalue weighted by Crippen LogP contribution is -2.35. The highest BCUT2D eigenvalue weighted by molar-refractivity contribution is 5.95. The summed E-state index contributed by atoms with van der Waals surface area (Å²) in [5.41, 5.74) is 1.79. The standard InChI is InChI=1S/C14H16N2O/c1-2-4-11-6-8-12(9-7-11)16-14(17)13-5-3-10-15-13/h6-9,13,15H,3,5,10H2,1H3,(H,16,17)/t13-/m0/s1. The van der Waals surface area contributed by atoms with Crippen LogP contribution in [-0.2, 0) is 4.79 Å². The van der Waals surface area contributed by atoms with Gasteiger partial charge in [0.25, 0.3) is 0 Å². The van der Waals surface area contributed by atoms with Gasteiger partial charge in [-0.2, -0.15) is 0 Å². The lowest BCUT2D eigenvalue weighted by molar-refractivity contribution is -0.117. The van der Waals surface area contributed by atoms with Crippen LogP contribution < -0.4 is 10.6 Å². The topological polar surface area (TPSA) is 41.1 Å². The van der Waals surface area contributed by atoms with Crippen LogP contribution in [0.1, 0.15) is 25.3 Å². The maximum atomic E-state index is 11.8. The summed E-state index contributed by atoms with van der Waals surface area (Å²) in [6.07, 6.45) is 1.99. The largest absolute Gasteiger partial charge is 0.325 e. The molecule has 2 rings (SSSR count). The molecule has 1 fully saturated rings. The fraction of sp³-hybridized carbons (Fsp3) is 0.357. The van der Waals surface area contributed by atoms with Crippen molar-refractivity contribution in [3.8, 4) is 11.8 Å². The second-order valence-corrected chi connectivity index (χ2v) is 4.09. The van der Waals surface area contributed by atoms with Crippen LogP contribution in [0.5, 0.6) is 0 Å². The van der Waals surface area contributed by atoms with E-state index in [4.69, 9.17) is 0 Å². The van der Waals surface area contributed by atoms with E-state index >= 15 is 0 Å².